The number of carbonyl (C=O) groups excluding carboxylic acids is 1. The highest BCUT2D eigenvalue weighted by Gasteiger charge is 2.11. The Morgan fingerprint density at radius 1 is 1.14 bits per heavy atom. The predicted molar refractivity (Wildman–Crippen MR) is 84.4 cm³/mol. The number of hydrogen-bond acceptors (Lipinski definition) is 4. The van der Waals surface area contributed by atoms with Gasteiger partial charge < -0.3 is 5.32 Å². The van der Waals surface area contributed by atoms with Gasteiger partial charge in [-0.3, -0.25) is 4.79 Å². The summed E-state index contributed by atoms with van der Waals surface area (Å²) >= 11 is 9.10. The van der Waals surface area contributed by atoms with E-state index in [1.54, 1.807) is 24.4 Å². The molecule has 1 amide bonds. The molecule has 3 aromatic heterocycles. The van der Waals surface area contributed by atoms with Crippen LogP contribution < -0.4 is 5.32 Å². The molecule has 0 saturated heterocycles. The van der Waals surface area contributed by atoms with Crippen molar-refractivity contribution in [1.29, 1.82) is 0 Å². The number of nitrogens with one attached hydrogen (secondary N) is 1. The summed E-state index contributed by atoms with van der Waals surface area (Å²) in [5.41, 5.74) is 0.781. The maximum absolute atomic E-state index is 12.1. The van der Waals surface area contributed by atoms with Gasteiger partial charge in [-0.15, -0.1) is 0 Å². The van der Waals surface area contributed by atoms with Gasteiger partial charge in [0.1, 0.15) is 16.7 Å². The molecule has 104 valence electrons. The number of carbonyl (C=O) groups is 1. The standard InChI is InChI=1S/C14H8BrClN4O/c15-9-4-5-10(18-12(9)16)14(21)20-11-6-3-8-2-1-7-17-13(8)19-11/h1-7H,(H,17,19,20,21). The predicted octanol–water partition coefficient (Wildman–Crippen LogP) is 3.69. The third kappa shape index (κ3) is 3.01. The van der Waals surface area contributed by atoms with Crippen LogP contribution >= 0.6 is 27.5 Å². The molecule has 0 aliphatic heterocycles. The quantitative estimate of drug-likeness (QED) is 0.705. The third-order valence-electron chi connectivity index (χ3n) is 2.74. The summed E-state index contributed by atoms with van der Waals surface area (Å²) in [7, 11) is 0. The summed E-state index contributed by atoms with van der Waals surface area (Å²) < 4.78 is 0.633. The Morgan fingerprint density at radius 3 is 2.81 bits per heavy atom. The number of amides is 1. The van der Waals surface area contributed by atoms with Crippen molar-refractivity contribution in [3.05, 3.63) is 57.9 Å². The largest absolute Gasteiger partial charge is 0.305 e. The summed E-state index contributed by atoms with van der Waals surface area (Å²) in [6.45, 7) is 0. The van der Waals surface area contributed by atoms with E-state index in [-0.39, 0.29) is 16.8 Å². The molecule has 0 bridgehead atoms. The molecule has 0 spiro atoms. The molecular formula is C14H8BrClN4O. The molecule has 3 aromatic rings. The number of anilines is 1. The molecule has 0 aromatic carbocycles. The average Bonchev–Trinajstić information content (AvgIpc) is 2.50. The van der Waals surface area contributed by atoms with Crippen LogP contribution in [-0.2, 0) is 0 Å². The van der Waals surface area contributed by atoms with E-state index in [4.69, 9.17) is 11.6 Å². The van der Waals surface area contributed by atoms with Crippen LogP contribution in [0, 0.1) is 0 Å². The normalized spacial score (nSPS) is 10.6. The highest BCUT2D eigenvalue weighted by molar-refractivity contribution is 9.10. The zero-order valence-corrected chi connectivity index (χ0v) is 12.9. The number of nitrogens with zero attached hydrogens (tertiary/aromatic N) is 3. The highest BCUT2D eigenvalue weighted by Crippen LogP contribution is 2.20. The summed E-state index contributed by atoms with van der Waals surface area (Å²) in [5, 5.41) is 3.81. The van der Waals surface area contributed by atoms with Crippen molar-refractivity contribution < 1.29 is 4.79 Å². The molecule has 0 unspecified atom stereocenters. The zero-order chi connectivity index (χ0) is 14.8. The van der Waals surface area contributed by atoms with Crippen molar-refractivity contribution in [1.82, 2.24) is 15.0 Å². The number of rotatable bonds is 2. The Morgan fingerprint density at radius 2 is 2.00 bits per heavy atom. The van der Waals surface area contributed by atoms with E-state index in [0.717, 1.165) is 5.39 Å². The maximum atomic E-state index is 12.1. The first-order valence-electron chi connectivity index (χ1n) is 5.99. The molecule has 3 rings (SSSR count). The van der Waals surface area contributed by atoms with Crippen LogP contribution in [0.1, 0.15) is 10.5 Å². The highest BCUT2D eigenvalue weighted by atomic mass is 79.9. The zero-order valence-electron chi connectivity index (χ0n) is 10.5. The van der Waals surface area contributed by atoms with Gasteiger partial charge in [-0.2, -0.15) is 0 Å². The fourth-order valence-electron chi connectivity index (χ4n) is 1.75. The van der Waals surface area contributed by atoms with Gasteiger partial charge >= 0.3 is 0 Å². The Kier molecular flexibility index (Phi) is 3.81. The molecule has 0 aliphatic rings. The van der Waals surface area contributed by atoms with Crippen molar-refractivity contribution in [2.24, 2.45) is 0 Å². The molecule has 21 heavy (non-hydrogen) atoms. The Labute approximate surface area is 133 Å². The molecule has 0 atom stereocenters. The Balaban J connectivity index is 1.87. The van der Waals surface area contributed by atoms with Gasteiger partial charge in [0, 0.05) is 11.6 Å². The molecule has 3 heterocycles. The molecule has 1 N–H and O–H groups in total. The second kappa shape index (κ2) is 5.75. The Bertz CT molecular complexity index is 840. The lowest BCUT2D eigenvalue weighted by Gasteiger charge is -2.05. The molecule has 5 nitrogen and oxygen atoms in total. The monoisotopic (exact) mass is 362 g/mol. The fourth-order valence-corrected chi connectivity index (χ4v) is 2.12. The van der Waals surface area contributed by atoms with Crippen LogP contribution in [0.25, 0.3) is 11.0 Å². The van der Waals surface area contributed by atoms with Crippen molar-refractivity contribution in [3.63, 3.8) is 0 Å². The third-order valence-corrected chi connectivity index (χ3v) is 3.90. The van der Waals surface area contributed by atoms with Gasteiger partial charge in [0.25, 0.3) is 5.91 Å². The van der Waals surface area contributed by atoms with E-state index in [0.29, 0.717) is 15.9 Å². The van der Waals surface area contributed by atoms with E-state index in [9.17, 15) is 4.79 Å². The molecule has 0 aliphatic carbocycles. The van der Waals surface area contributed by atoms with Gasteiger partial charge in [-0.25, -0.2) is 15.0 Å². The van der Waals surface area contributed by atoms with E-state index in [1.165, 1.54) is 0 Å². The SMILES string of the molecule is O=C(Nc1ccc2cccnc2n1)c1ccc(Br)c(Cl)n1. The number of pyridine rings is 3. The van der Waals surface area contributed by atoms with Crippen LogP contribution in [0.2, 0.25) is 5.15 Å². The van der Waals surface area contributed by atoms with Gasteiger partial charge in [0.2, 0.25) is 0 Å². The summed E-state index contributed by atoms with van der Waals surface area (Å²) in [4.78, 5) is 24.5. The first-order chi connectivity index (χ1) is 10.1. The first kappa shape index (κ1) is 13.9. The summed E-state index contributed by atoms with van der Waals surface area (Å²) in [6.07, 6.45) is 1.65. The molecule has 0 fully saturated rings. The molecular weight excluding hydrogens is 356 g/mol. The van der Waals surface area contributed by atoms with Gasteiger partial charge in [-0.1, -0.05) is 11.6 Å². The van der Waals surface area contributed by atoms with Crippen LogP contribution in [0.4, 0.5) is 5.82 Å². The second-order valence-corrected chi connectivity index (χ2v) is 5.38. The van der Waals surface area contributed by atoms with Crippen molar-refractivity contribution in [2.75, 3.05) is 5.32 Å². The summed E-state index contributed by atoms with van der Waals surface area (Å²) in [5.74, 6) is 0.0271. The average molecular weight is 364 g/mol. The number of hydrogen-bond donors (Lipinski definition) is 1. The van der Waals surface area contributed by atoms with Crippen LogP contribution in [0.3, 0.4) is 0 Å². The number of fused-ring (bicyclic) bond motifs is 1. The lowest BCUT2D eigenvalue weighted by molar-refractivity contribution is 0.102. The maximum Gasteiger partial charge on any atom is 0.275 e. The minimum Gasteiger partial charge on any atom is -0.305 e. The smallest absolute Gasteiger partial charge is 0.275 e. The van der Waals surface area contributed by atoms with E-state index >= 15 is 0 Å². The lowest BCUT2D eigenvalue weighted by Crippen LogP contribution is -2.14. The van der Waals surface area contributed by atoms with Gasteiger partial charge in [0.15, 0.2) is 5.65 Å². The second-order valence-electron chi connectivity index (χ2n) is 4.17. The van der Waals surface area contributed by atoms with Crippen LogP contribution in [0.5, 0.6) is 0 Å². The van der Waals surface area contributed by atoms with Gasteiger partial charge in [0.05, 0.1) is 4.47 Å². The van der Waals surface area contributed by atoms with Crippen molar-refractivity contribution in [2.45, 2.75) is 0 Å². The number of halogens is 2. The van der Waals surface area contributed by atoms with Crippen molar-refractivity contribution in [3.8, 4) is 0 Å². The van der Waals surface area contributed by atoms with Crippen LogP contribution in [0.15, 0.2) is 47.1 Å². The van der Waals surface area contributed by atoms with E-state index in [1.807, 2.05) is 18.2 Å². The molecule has 7 heteroatoms. The fraction of sp³-hybridized carbons (Fsp3) is 0. The first-order valence-corrected chi connectivity index (χ1v) is 7.16. The molecule has 0 radical (unpaired) electrons. The number of aromatic nitrogens is 3. The van der Waals surface area contributed by atoms with E-state index < -0.39 is 0 Å². The van der Waals surface area contributed by atoms with Crippen LogP contribution in [-0.4, -0.2) is 20.9 Å². The minimum atomic E-state index is -0.382. The molecule has 0 saturated carbocycles. The topological polar surface area (TPSA) is 67.8 Å². The van der Waals surface area contributed by atoms with Gasteiger partial charge in [-0.05, 0) is 52.3 Å². The van der Waals surface area contributed by atoms with E-state index in [2.05, 4.69) is 36.2 Å². The van der Waals surface area contributed by atoms with Crippen molar-refractivity contribution >= 4 is 50.3 Å². The Hall–Kier alpha value is -2.05. The summed E-state index contributed by atoms with van der Waals surface area (Å²) in [6, 6.07) is 10.5. The lowest BCUT2D eigenvalue weighted by atomic mass is 10.3. The minimum absolute atomic E-state index is 0.214.